The molecule has 2 rings (SSSR count). The minimum atomic E-state index is 0. The van der Waals surface area contributed by atoms with Crippen molar-refractivity contribution >= 4 is 29.7 Å². The first-order chi connectivity index (χ1) is 6.77. The number of amides is 1. The smallest absolute Gasteiger partial charge is 0.225 e. The molecule has 0 unspecified atom stereocenters. The Labute approximate surface area is 98.9 Å². The highest BCUT2D eigenvalue weighted by Gasteiger charge is 2.24. The van der Waals surface area contributed by atoms with Crippen LogP contribution in [-0.2, 0) is 11.3 Å². The van der Waals surface area contributed by atoms with Gasteiger partial charge in [-0.2, -0.15) is 0 Å². The van der Waals surface area contributed by atoms with Gasteiger partial charge < -0.3 is 10.6 Å². The number of thiazole rings is 1. The van der Waals surface area contributed by atoms with Gasteiger partial charge in [-0.3, -0.25) is 4.79 Å². The second-order valence-corrected chi connectivity index (χ2v) is 4.37. The number of aryl methyl sites for hydroxylation is 1. The first-order valence-corrected chi connectivity index (χ1v) is 5.52. The zero-order valence-electron chi connectivity index (χ0n) is 8.45. The summed E-state index contributed by atoms with van der Waals surface area (Å²) in [5.74, 6) is 0.319. The zero-order valence-corrected chi connectivity index (χ0v) is 10.1. The van der Waals surface area contributed by atoms with Crippen LogP contribution in [0.2, 0.25) is 0 Å². The van der Waals surface area contributed by atoms with Gasteiger partial charge in [-0.15, -0.1) is 23.7 Å². The molecule has 2 N–H and O–H groups in total. The number of nitrogens with zero attached hydrogens (tertiary/aromatic N) is 1. The first-order valence-electron chi connectivity index (χ1n) is 4.65. The predicted molar refractivity (Wildman–Crippen MR) is 62.3 cm³/mol. The topological polar surface area (TPSA) is 54.0 Å². The molecule has 15 heavy (non-hydrogen) atoms. The van der Waals surface area contributed by atoms with Gasteiger partial charge in [0, 0.05) is 18.0 Å². The van der Waals surface area contributed by atoms with Crippen LogP contribution in [0.1, 0.15) is 10.6 Å². The molecule has 0 aromatic carbocycles. The van der Waals surface area contributed by atoms with Crippen LogP contribution in [0.4, 0.5) is 0 Å². The van der Waals surface area contributed by atoms with E-state index in [9.17, 15) is 4.79 Å². The third-order valence-electron chi connectivity index (χ3n) is 2.42. The molecule has 1 aromatic rings. The molecular formula is C9H14ClN3OS. The fraction of sp³-hybridized carbons (Fsp3) is 0.556. The standard InChI is InChI=1S/C9H13N3OS.ClH/c1-6-8(14-5-12-6)4-11-9(13)7-2-10-3-7;/h5,7,10H,2-4H2,1H3,(H,11,13);1H. The lowest BCUT2D eigenvalue weighted by molar-refractivity contribution is -0.126. The van der Waals surface area contributed by atoms with Gasteiger partial charge in [0.05, 0.1) is 23.7 Å². The van der Waals surface area contributed by atoms with Crippen molar-refractivity contribution in [2.24, 2.45) is 5.92 Å². The van der Waals surface area contributed by atoms with E-state index in [4.69, 9.17) is 0 Å². The summed E-state index contributed by atoms with van der Waals surface area (Å²) < 4.78 is 0. The van der Waals surface area contributed by atoms with E-state index in [1.54, 1.807) is 11.3 Å². The quantitative estimate of drug-likeness (QED) is 0.827. The second kappa shape index (κ2) is 5.44. The Morgan fingerprint density at radius 1 is 1.73 bits per heavy atom. The van der Waals surface area contributed by atoms with Crippen LogP contribution in [0.15, 0.2) is 5.51 Å². The molecule has 4 nitrogen and oxygen atoms in total. The summed E-state index contributed by atoms with van der Waals surface area (Å²) in [5, 5.41) is 6.00. The van der Waals surface area contributed by atoms with E-state index in [0.717, 1.165) is 23.7 Å². The van der Waals surface area contributed by atoms with Gasteiger partial charge in [0.25, 0.3) is 0 Å². The number of carbonyl (C=O) groups excluding carboxylic acids is 1. The highest BCUT2D eigenvalue weighted by Crippen LogP contribution is 2.12. The monoisotopic (exact) mass is 247 g/mol. The van der Waals surface area contributed by atoms with Crippen molar-refractivity contribution in [2.45, 2.75) is 13.5 Å². The van der Waals surface area contributed by atoms with Crippen LogP contribution in [0.3, 0.4) is 0 Å². The maximum Gasteiger partial charge on any atom is 0.225 e. The normalized spacial score (nSPS) is 15.3. The molecule has 2 heterocycles. The van der Waals surface area contributed by atoms with E-state index in [2.05, 4.69) is 15.6 Å². The summed E-state index contributed by atoms with van der Waals surface area (Å²) in [4.78, 5) is 16.7. The van der Waals surface area contributed by atoms with Gasteiger partial charge in [0.15, 0.2) is 0 Å². The van der Waals surface area contributed by atoms with Crippen LogP contribution in [0.25, 0.3) is 0 Å². The third kappa shape index (κ3) is 2.90. The molecule has 84 valence electrons. The average Bonchev–Trinajstić information content (AvgIpc) is 2.44. The Morgan fingerprint density at radius 3 is 2.93 bits per heavy atom. The second-order valence-electron chi connectivity index (χ2n) is 3.43. The van der Waals surface area contributed by atoms with Gasteiger partial charge >= 0.3 is 0 Å². The summed E-state index contributed by atoms with van der Waals surface area (Å²) in [6, 6.07) is 0. The van der Waals surface area contributed by atoms with Crippen LogP contribution >= 0.6 is 23.7 Å². The lowest BCUT2D eigenvalue weighted by atomic mass is 10.0. The fourth-order valence-corrected chi connectivity index (χ4v) is 2.00. The Hall–Kier alpha value is -0.650. The summed E-state index contributed by atoms with van der Waals surface area (Å²) >= 11 is 1.59. The number of hydrogen-bond acceptors (Lipinski definition) is 4. The van der Waals surface area contributed by atoms with Crippen molar-refractivity contribution in [1.82, 2.24) is 15.6 Å². The zero-order chi connectivity index (χ0) is 9.97. The van der Waals surface area contributed by atoms with Gasteiger partial charge in [-0.05, 0) is 6.92 Å². The van der Waals surface area contributed by atoms with Gasteiger partial charge in [0.1, 0.15) is 0 Å². The number of carbonyl (C=O) groups is 1. The third-order valence-corrected chi connectivity index (χ3v) is 3.36. The molecule has 0 atom stereocenters. The van der Waals surface area contributed by atoms with E-state index in [-0.39, 0.29) is 24.2 Å². The van der Waals surface area contributed by atoms with Crippen molar-refractivity contribution in [2.75, 3.05) is 13.1 Å². The molecule has 1 aromatic heterocycles. The Morgan fingerprint density at radius 2 is 2.47 bits per heavy atom. The van der Waals surface area contributed by atoms with Crippen LogP contribution in [0, 0.1) is 12.8 Å². The Kier molecular flexibility index (Phi) is 4.50. The van der Waals surface area contributed by atoms with E-state index in [0.29, 0.717) is 6.54 Å². The molecule has 0 radical (unpaired) electrons. The summed E-state index contributed by atoms with van der Waals surface area (Å²) in [7, 11) is 0. The maximum absolute atomic E-state index is 11.5. The number of halogens is 1. The minimum Gasteiger partial charge on any atom is -0.351 e. The molecule has 1 amide bonds. The van der Waals surface area contributed by atoms with Crippen molar-refractivity contribution in [3.8, 4) is 0 Å². The molecule has 1 aliphatic heterocycles. The number of hydrogen-bond donors (Lipinski definition) is 2. The lowest BCUT2D eigenvalue weighted by Crippen LogP contribution is -2.50. The highest BCUT2D eigenvalue weighted by atomic mass is 35.5. The van der Waals surface area contributed by atoms with Gasteiger partial charge in [-0.25, -0.2) is 4.98 Å². The van der Waals surface area contributed by atoms with Crippen molar-refractivity contribution in [3.63, 3.8) is 0 Å². The number of rotatable bonds is 3. The molecule has 1 fully saturated rings. The highest BCUT2D eigenvalue weighted by molar-refractivity contribution is 7.09. The van der Waals surface area contributed by atoms with Crippen molar-refractivity contribution in [1.29, 1.82) is 0 Å². The lowest BCUT2D eigenvalue weighted by Gasteiger charge is -2.25. The molecule has 0 saturated carbocycles. The van der Waals surface area contributed by atoms with E-state index < -0.39 is 0 Å². The minimum absolute atomic E-state index is 0. The predicted octanol–water partition coefficient (Wildman–Crippen LogP) is 0.709. The molecule has 0 spiro atoms. The average molecular weight is 248 g/mol. The van der Waals surface area contributed by atoms with Gasteiger partial charge in [0.2, 0.25) is 5.91 Å². The van der Waals surface area contributed by atoms with Crippen LogP contribution in [0.5, 0.6) is 0 Å². The number of aromatic nitrogens is 1. The molecule has 6 heteroatoms. The summed E-state index contributed by atoms with van der Waals surface area (Å²) in [5.41, 5.74) is 2.82. The Balaban J connectivity index is 0.00000112. The van der Waals surface area contributed by atoms with Crippen molar-refractivity contribution in [3.05, 3.63) is 16.1 Å². The van der Waals surface area contributed by atoms with Crippen LogP contribution < -0.4 is 10.6 Å². The molecule has 0 aliphatic carbocycles. The van der Waals surface area contributed by atoms with Crippen LogP contribution in [-0.4, -0.2) is 24.0 Å². The SMILES string of the molecule is Cc1ncsc1CNC(=O)C1CNC1.Cl. The molecule has 1 aliphatic rings. The van der Waals surface area contributed by atoms with E-state index >= 15 is 0 Å². The van der Waals surface area contributed by atoms with Crippen molar-refractivity contribution < 1.29 is 4.79 Å². The molecule has 1 saturated heterocycles. The summed E-state index contributed by atoms with van der Waals surface area (Å²) in [6.45, 7) is 4.20. The molecule has 0 bridgehead atoms. The molecular weight excluding hydrogens is 234 g/mol. The Bertz CT molecular complexity index is 338. The first kappa shape index (κ1) is 12.4. The number of nitrogens with one attached hydrogen (secondary N) is 2. The van der Waals surface area contributed by atoms with E-state index in [1.807, 2.05) is 12.4 Å². The van der Waals surface area contributed by atoms with E-state index in [1.165, 1.54) is 0 Å². The van der Waals surface area contributed by atoms with Gasteiger partial charge in [-0.1, -0.05) is 0 Å². The fourth-order valence-electron chi connectivity index (χ4n) is 1.28. The summed E-state index contributed by atoms with van der Waals surface area (Å²) in [6.07, 6.45) is 0. The largest absolute Gasteiger partial charge is 0.351 e. The maximum atomic E-state index is 11.5.